The SMILES string of the molecule is O=C(CC[N+](=O)[O-])OC[C@H]1O[C@@H](OC(=O)CC[N+](=O)[O-])[C@H](OC(=O)CC[N+](=O)[O-])[C@@H](O)[C@@H]1OC(=O)CC[N+](=O)[O-]. The lowest BCUT2D eigenvalue weighted by Gasteiger charge is -2.42. The second-order valence-corrected chi connectivity index (χ2v) is 7.84. The van der Waals surface area contributed by atoms with Gasteiger partial charge < -0.3 is 28.8 Å². The molecule has 0 radical (unpaired) electrons. The number of ether oxygens (including phenoxy) is 5. The summed E-state index contributed by atoms with van der Waals surface area (Å²) < 4.78 is 25.0. The average molecular weight is 584 g/mol. The zero-order chi connectivity index (χ0) is 30.4. The van der Waals surface area contributed by atoms with Crippen molar-refractivity contribution in [2.45, 2.75) is 56.4 Å². The molecule has 0 aromatic heterocycles. The summed E-state index contributed by atoms with van der Waals surface area (Å²) in [5.74, 6) is -5.00. The molecule has 0 aromatic carbocycles. The number of carbonyl (C=O) groups is 4. The Morgan fingerprint density at radius 3 is 1.43 bits per heavy atom. The van der Waals surface area contributed by atoms with E-state index in [1.165, 1.54) is 0 Å². The number of rotatable bonds is 17. The fraction of sp³-hybridized carbons (Fsp3) is 0.778. The smallest absolute Gasteiger partial charge is 0.314 e. The Morgan fingerprint density at radius 2 is 1.00 bits per heavy atom. The first-order valence-electron chi connectivity index (χ1n) is 11.2. The second kappa shape index (κ2) is 16.4. The molecule has 0 aliphatic carbocycles. The van der Waals surface area contributed by atoms with Crippen LogP contribution in [0.4, 0.5) is 0 Å². The molecule has 1 fully saturated rings. The average Bonchev–Trinajstić information content (AvgIpc) is 2.86. The van der Waals surface area contributed by atoms with Gasteiger partial charge in [-0.2, -0.15) is 0 Å². The summed E-state index contributed by atoms with van der Waals surface area (Å²) in [5.41, 5.74) is 0. The van der Waals surface area contributed by atoms with Crippen LogP contribution in [-0.2, 0) is 42.9 Å². The molecule has 1 rings (SSSR count). The number of aliphatic hydroxyl groups is 1. The molecule has 22 heteroatoms. The molecule has 1 saturated heterocycles. The third kappa shape index (κ3) is 12.8. The minimum absolute atomic E-state index is 0.703. The van der Waals surface area contributed by atoms with Gasteiger partial charge in [-0.05, 0) is 0 Å². The van der Waals surface area contributed by atoms with Crippen molar-refractivity contribution in [2.75, 3.05) is 32.8 Å². The van der Waals surface area contributed by atoms with Crippen LogP contribution in [0.25, 0.3) is 0 Å². The van der Waals surface area contributed by atoms with Crippen molar-refractivity contribution in [1.29, 1.82) is 0 Å². The van der Waals surface area contributed by atoms with E-state index in [0.29, 0.717) is 0 Å². The van der Waals surface area contributed by atoms with Crippen LogP contribution in [0.1, 0.15) is 25.7 Å². The number of hydrogen-bond donors (Lipinski definition) is 1. The van der Waals surface area contributed by atoms with Crippen molar-refractivity contribution < 1.29 is 67.7 Å². The minimum atomic E-state index is -2.16. The lowest BCUT2D eigenvalue weighted by atomic mass is 9.98. The van der Waals surface area contributed by atoms with Crippen LogP contribution in [0.15, 0.2) is 0 Å². The van der Waals surface area contributed by atoms with Crippen LogP contribution >= 0.6 is 0 Å². The van der Waals surface area contributed by atoms with Gasteiger partial charge in [0.15, 0.2) is 12.2 Å². The molecule has 1 aliphatic heterocycles. The molecule has 0 aromatic rings. The third-order valence-corrected chi connectivity index (χ3v) is 4.80. The van der Waals surface area contributed by atoms with Crippen molar-refractivity contribution >= 4 is 23.9 Å². The standard InChI is InChI=1S/C18H24N4O18/c23-11(1-5-19(28)29)36-9-10-16(38-12(24)2-6-20(30)31)15(27)17(39-13(25)3-7-21(32)33)18(37-10)40-14(26)4-8-22(34)35/h10,15-18,27H,1-9H2/t10-,15+,16-,17-,18+/m1/s1. The van der Waals surface area contributed by atoms with E-state index < -0.39 is 133 Å². The Hall–Kier alpha value is -4.60. The molecular weight excluding hydrogens is 560 g/mol. The van der Waals surface area contributed by atoms with E-state index in [1.54, 1.807) is 0 Å². The molecule has 224 valence electrons. The van der Waals surface area contributed by atoms with Gasteiger partial charge >= 0.3 is 23.9 Å². The van der Waals surface area contributed by atoms with E-state index in [-0.39, 0.29) is 0 Å². The molecule has 5 atom stereocenters. The van der Waals surface area contributed by atoms with Gasteiger partial charge in [0.05, 0.1) is 0 Å². The first-order chi connectivity index (χ1) is 18.7. The largest absolute Gasteiger partial charge is 0.463 e. The summed E-state index contributed by atoms with van der Waals surface area (Å²) in [6, 6.07) is 0. The van der Waals surface area contributed by atoms with Crippen LogP contribution in [0, 0.1) is 40.5 Å². The fourth-order valence-electron chi connectivity index (χ4n) is 2.98. The second-order valence-electron chi connectivity index (χ2n) is 7.84. The predicted octanol–water partition coefficient (Wildman–Crippen LogP) is -2.35. The number of hydrogen-bond acceptors (Lipinski definition) is 18. The molecule has 1 heterocycles. The number of aliphatic hydroxyl groups excluding tert-OH is 1. The minimum Gasteiger partial charge on any atom is -0.463 e. The van der Waals surface area contributed by atoms with Crippen LogP contribution in [0.5, 0.6) is 0 Å². The Kier molecular flexibility index (Phi) is 13.7. The molecule has 1 aliphatic rings. The van der Waals surface area contributed by atoms with Crippen LogP contribution in [0.2, 0.25) is 0 Å². The van der Waals surface area contributed by atoms with Gasteiger partial charge in [-0.15, -0.1) is 0 Å². The van der Waals surface area contributed by atoms with E-state index in [2.05, 4.69) is 0 Å². The molecule has 1 N–H and O–H groups in total. The molecule has 0 bridgehead atoms. The summed E-state index contributed by atoms with van der Waals surface area (Å²) in [5, 5.41) is 53.0. The summed E-state index contributed by atoms with van der Waals surface area (Å²) in [6.45, 7) is -4.40. The zero-order valence-corrected chi connectivity index (χ0v) is 20.4. The summed E-state index contributed by atoms with van der Waals surface area (Å²) in [7, 11) is 0. The Morgan fingerprint density at radius 1 is 0.625 bits per heavy atom. The monoisotopic (exact) mass is 584 g/mol. The Bertz CT molecular complexity index is 986. The Labute approximate surface area is 222 Å². The fourth-order valence-corrected chi connectivity index (χ4v) is 2.98. The first kappa shape index (κ1) is 33.4. The lowest BCUT2D eigenvalue weighted by Crippen LogP contribution is -2.62. The van der Waals surface area contributed by atoms with Gasteiger partial charge in [-0.3, -0.25) is 59.6 Å². The van der Waals surface area contributed by atoms with Gasteiger partial charge in [0, 0.05) is 19.7 Å². The summed E-state index contributed by atoms with van der Waals surface area (Å²) in [6.07, 6.45) is -13.1. The van der Waals surface area contributed by atoms with Crippen molar-refractivity contribution in [3.8, 4) is 0 Å². The van der Waals surface area contributed by atoms with Gasteiger partial charge in [-0.25, -0.2) is 0 Å². The highest BCUT2D eigenvalue weighted by atomic mass is 16.7. The van der Waals surface area contributed by atoms with Crippen molar-refractivity contribution in [3.63, 3.8) is 0 Å². The van der Waals surface area contributed by atoms with Gasteiger partial charge in [-0.1, -0.05) is 0 Å². The highest BCUT2D eigenvalue weighted by Gasteiger charge is 2.51. The van der Waals surface area contributed by atoms with Crippen LogP contribution < -0.4 is 0 Å². The Balaban J connectivity index is 3.21. The summed E-state index contributed by atoms with van der Waals surface area (Å²) >= 11 is 0. The van der Waals surface area contributed by atoms with E-state index in [4.69, 9.17) is 23.7 Å². The maximum Gasteiger partial charge on any atom is 0.314 e. The van der Waals surface area contributed by atoms with E-state index in [1.807, 2.05) is 0 Å². The van der Waals surface area contributed by atoms with Crippen LogP contribution in [-0.4, -0.2) is 112 Å². The summed E-state index contributed by atoms with van der Waals surface area (Å²) in [4.78, 5) is 86.8. The zero-order valence-electron chi connectivity index (χ0n) is 20.4. The van der Waals surface area contributed by atoms with E-state index in [9.17, 15) is 64.7 Å². The maximum absolute atomic E-state index is 12.1. The highest BCUT2D eigenvalue weighted by molar-refractivity contribution is 5.71. The molecule has 0 unspecified atom stereocenters. The van der Waals surface area contributed by atoms with E-state index in [0.717, 1.165) is 0 Å². The number of carbonyl (C=O) groups excluding carboxylic acids is 4. The van der Waals surface area contributed by atoms with Gasteiger partial charge in [0.25, 0.3) is 0 Å². The predicted molar refractivity (Wildman–Crippen MR) is 117 cm³/mol. The number of nitro groups is 4. The topological polar surface area (TPSA) is 307 Å². The maximum atomic E-state index is 12.1. The quantitative estimate of drug-likeness (QED) is 0.0809. The van der Waals surface area contributed by atoms with Crippen molar-refractivity contribution in [2.24, 2.45) is 0 Å². The first-order valence-corrected chi connectivity index (χ1v) is 11.2. The molecule has 22 nitrogen and oxygen atoms in total. The lowest BCUT2D eigenvalue weighted by molar-refractivity contribution is -0.479. The third-order valence-electron chi connectivity index (χ3n) is 4.80. The van der Waals surface area contributed by atoms with Crippen molar-refractivity contribution in [3.05, 3.63) is 40.5 Å². The molecule has 0 saturated carbocycles. The van der Waals surface area contributed by atoms with Crippen molar-refractivity contribution in [1.82, 2.24) is 0 Å². The molecule has 0 spiro atoms. The number of esters is 4. The highest BCUT2D eigenvalue weighted by Crippen LogP contribution is 2.28. The van der Waals surface area contributed by atoms with E-state index >= 15 is 0 Å². The molecular formula is C18H24N4O18. The van der Waals surface area contributed by atoms with Gasteiger partial charge in [0.2, 0.25) is 32.5 Å². The normalized spacial score (nSPS) is 21.9. The van der Waals surface area contributed by atoms with Gasteiger partial charge in [0.1, 0.15) is 44.5 Å². The van der Waals surface area contributed by atoms with Crippen LogP contribution in [0.3, 0.4) is 0 Å². The molecule has 40 heavy (non-hydrogen) atoms. The molecule has 0 amide bonds. The number of nitrogens with zero attached hydrogens (tertiary/aromatic N) is 4.